The Balaban J connectivity index is 1.93. The molecule has 1 heterocycles. The van der Waals surface area contributed by atoms with Crippen LogP contribution in [0.3, 0.4) is 0 Å². The molecule has 2 atom stereocenters. The normalized spacial score (nSPS) is 18.1. The van der Waals surface area contributed by atoms with Gasteiger partial charge in [0, 0.05) is 45.8 Å². The highest BCUT2D eigenvalue weighted by Gasteiger charge is 2.37. The molecule has 14 heteroatoms. The van der Waals surface area contributed by atoms with Gasteiger partial charge >= 0.3 is 7.05 Å². The van der Waals surface area contributed by atoms with Crippen molar-refractivity contribution < 1.29 is 27.5 Å². The fraction of sp³-hybridized carbons (Fsp3) is 0.594. The highest BCUT2D eigenvalue weighted by Crippen LogP contribution is 2.31. The third kappa shape index (κ3) is 9.74. The van der Waals surface area contributed by atoms with Crippen molar-refractivity contribution in [3.05, 3.63) is 57.6 Å². The van der Waals surface area contributed by atoms with Crippen LogP contribution in [-0.2, 0) is 14.4 Å². The summed E-state index contributed by atoms with van der Waals surface area (Å²) in [4.78, 5) is 22.1. The molecule has 2 radical (unpaired) electrons. The largest absolute Gasteiger partial charge is 0.437 e. The molecule has 1 fully saturated rings. The molecule has 46 heavy (non-hydrogen) atoms. The van der Waals surface area contributed by atoms with E-state index in [1.165, 1.54) is 4.31 Å². The van der Waals surface area contributed by atoms with Gasteiger partial charge in [-0.2, -0.15) is 4.31 Å². The summed E-state index contributed by atoms with van der Waals surface area (Å²) in [5.74, 6) is -0.373. The zero-order chi connectivity index (χ0) is 34.3. The molecule has 1 saturated heterocycles. The fourth-order valence-corrected chi connectivity index (χ4v) is 8.95. The Labute approximate surface area is 282 Å². The molecule has 10 nitrogen and oxygen atoms in total. The molecule has 1 amide bonds. The third-order valence-electron chi connectivity index (χ3n) is 8.73. The van der Waals surface area contributed by atoms with Gasteiger partial charge in [0.25, 0.3) is 0 Å². The molecule has 252 valence electrons. The summed E-state index contributed by atoms with van der Waals surface area (Å²) in [6.45, 7) is 20.2. The number of sulfonamides is 1. The number of carbonyl (C=O) groups is 1. The summed E-state index contributed by atoms with van der Waals surface area (Å²) in [6, 6.07) is 7.85. The van der Waals surface area contributed by atoms with Crippen molar-refractivity contribution in [1.29, 1.82) is 0 Å². The zero-order valence-electron chi connectivity index (χ0n) is 28.9. The van der Waals surface area contributed by atoms with Gasteiger partial charge in [0.2, 0.25) is 17.9 Å². The van der Waals surface area contributed by atoms with Crippen LogP contribution >= 0.6 is 12.2 Å². The molecule has 0 unspecified atom stereocenters. The lowest BCUT2D eigenvalue weighted by atomic mass is 9.80. The van der Waals surface area contributed by atoms with E-state index in [2.05, 4.69) is 0 Å². The first-order valence-corrected chi connectivity index (χ1v) is 18.1. The van der Waals surface area contributed by atoms with Crippen LogP contribution in [0.2, 0.25) is 6.82 Å². The van der Waals surface area contributed by atoms with Gasteiger partial charge in [-0.15, -0.1) is 0 Å². The predicted molar refractivity (Wildman–Crippen MR) is 187 cm³/mol. The molecule has 2 aromatic rings. The second-order valence-electron chi connectivity index (χ2n) is 12.5. The maximum Gasteiger partial charge on any atom is 0.376 e. The van der Waals surface area contributed by atoms with Crippen molar-refractivity contribution in [2.45, 2.75) is 67.1 Å². The summed E-state index contributed by atoms with van der Waals surface area (Å²) >= 11 is 1.09. The average Bonchev–Trinajstić information content (AvgIpc) is 2.93. The van der Waals surface area contributed by atoms with E-state index in [-0.39, 0.29) is 31.5 Å². The molecule has 0 aromatic heterocycles. The Morgan fingerprint density at radius 3 is 1.98 bits per heavy atom. The minimum absolute atomic E-state index is 0.167. The van der Waals surface area contributed by atoms with E-state index in [4.69, 9.17) is 17.1 Å². The first-order valence-electron chi connectivity index (χ1n) is 16.0. The second-order valence-corrected chi connectivity index (χ2v) is 15.2. The van der Waals surface area contributed by atoms with Crippen LogP contribution in [0.15, 0.2) is 29.2 Å². The van der Waals surface area contributed by atoms with E-state index in [0.29, 0.717) is 54.5 Å². The van der Waals surface area contributed by atoms with Gasteiger partial charge in [0.05, 0.1) is 4.90 Å². The monoisotopic (exact) mass is 672 g/mol. The minimum atomic E-state index is -3.86. The summed E-state index contributed by atoms with van der Waals surface area (Å²) in [5, 5.41) is 10.7. The van der Waals surface area contributed by atoms with Gasteiger partial charge in [0.1, 0.15) is 12.2 Å². The molecule has 0 aliphatic carbocycles. The summed E-state index contributed by atoms with van der Waals surface area (Å²) in [7, 11) is 1.19. The van der Waals surface area contributed by atoms with E-state index in [0.717, 1.165) is 34.5 Å². The van der Waals surface area contributed by atoms with Crippen LogP contribution in [0.5, 0.6) is 5.75 Å². The van der Waals surface area contributed by atoms with Crippen molar-refractivity contribution in [2.24, 2.45) is 11.8 Å². The molecular formula is C32H50B2N4O6S2. The van der Waals surface area contributed by atoms with Crippen molar-refractivity contribution in [2.75, 3.05) is 52.4 Å². The lowest BCUT2D eigenvalue weighted by Gasteiger charge is -2.42. The SMILES string of the molecule is [B]C(=O)N1CCN(B(C)O)C[C@H](CN(CC)SOOc2c(C)cc(C)cc2C)[C@@H](CN(CC)S(=O)(=O)c2c(C)cc(C)cc2C)C1. The van der Waals surface area contributed by atoms with E-state index in [1.54, 1.807) is 11.7 Å². The Hall–Kier alpha value is -2.06. The average molecular weight is 673 g/mol. The third-order valence-corrected chi connectivity index (χ3v) is 11.7. The van der Waals surface area contributed by atoms with E-state index in [9.17, 15) is 18.2 Å². The number of rotatable bonds is 13. The molecule has 0 spiro atoms. The van der Waals surface area contributed by atoms with E-state index in [1.807, 2.05) is 88.8 Å². The molecule has 1 aliphatic rings. The van der Waals surface area contributed by atoms with Gasteiger partial charge in [-0.25, -0.2) is 12.7 Å². The Morgan fingerprint density at radius 1 is 0.935 bits per heavy atom. The smallest absolute Gasteiger partial charge is 0.376 e. The maximum absolute atomic E-state index is 14.2. The van der Waals surface area contributed by atoms with Crippen LogP contribution in [0, 0.1) is 53.4 Å². The topological polar surface area (TPSA) is 103 Å². The number of nitrogens with zero attached hydrogens (tertiary/aromatic N) is 4. The molecular weight excluding hydrogens is 622 g/mol. The first kappa shape index (κ1) is 38.4. The van der Waals surface area contributed by atoms with Gasteiger partial charge in [-0.05, 0) is 89.0 Å². The van der Waals surface area contributed by atoms with Crippen molar-refractivity contribution in [1.82, 2.24) is 18.3 Å². The van der Waals surface area contributed by atoms with Gasteiger partial charge in [-0.1, -0.05) is 53.6 Å². The quantitative estimate of drug-likeness (QED) is 0.107. The number of aryl methyl sites for hydroxylation is 6. The number of amides is 1. The number of hydrogen-bond acceptors (Lipinski definition) is 9. The molecule has 1 N–H and O–H groups in total. The molecule has 2 aromatic carbocycles. The van der Waals surface area contributed by atoms with E-state index < -0.39 is 22.9 Å². The van der Waals surface area contributed by atoms with Crippen LogP contribution in [0.4, 0.5) is 4.79 Å². The zero-order valence-corrected chi connectivity index (χ0v) is 30.5. The van der Waals surface area contributed by atoms with Crippen LogP contribution < -0.4 is 4.89 Å². The molecule has 3 rings (SSSR count). The Bertz CT molecular complexity index is 1420. The van der Waals surface area contributed by atoms with E-state index >= 15 is 0 Å². The highest BCUT2D eigenvalue weighted by molar-refractivity contribution is 7.92. The summed E-state index contributed by atoms with van der Waals surface area (Å²) in [5.41, 5.74) is 5.50. The summed E-state index contributed by atoms with van der Waals surface area (Å²) in [6.07, 6.45) is 0. The van der Waals surface area contributed by atoms with Crippen LogP contribution in [0.25, 0.3) is 0 Å². The Morgan fingerprint density at radius 2 is 1.48 bits per heavy atom. The molecule has 0 bridgehead atoms. The number of benzene rings is 2. The maximum atomic E-state index is 14.2. The highest BCUT2D eigenvalue weighted by atomic mass is 32.2. The first-order chi connectivity index (χ1) is 21.6. The van der Waals surface area contributed by atoms with Gasteiger partial charge < -0.3 is 19.6 Å². The van der Waals surface area contributed by atoms with Crippen LogP contribution in [0.1, 0.15) is 47.2 Å². The predicted octanol–water partition coefficient (Wildman–Crippen LogP) is 4.69. The lowest BCUT2D eigenvalue weighted by Crippen LogP contribution is -2.55. The molecule has 0 saturated carbocycles. The minimum Gasteiger partial charge on any atom is -0.437 e. The number of carbonyl (C=O) groups excluding carboxylic acids is 1. The second kappa shape index (κ2) is 16.9. The summed E-state index contributed by atoms with van der Waals surface area (Å²) < 4.78 is 37.6. The molecule has 1 aliphatic heterocycles. The fourth-order valence-electron chi connectivity index (χ4n) is 6.49. The van der Waals surface area contributed by atoms with Gasteiger partial charge in [0.15, 0.2) is 11.6 Å². The van der Waals surface area contributed by atoms with Crippen molar-refractivity contribution in [3.8, 4) is 5.75 Å². The number of hydrogen-bond donors (Lipinski definition) is 1. The van der Waals surface area contributed by atoms with Crippen molar-refractivity contribution in [3.63, 3.8) is 0 Å². The van der Waals surface area contributed by atoms with Crippen molar-refractivity contribution >= 4 is 43.0 Å². The Kier molecular flexibility index (Phi) is 14.1. The van der Waals surface area contributed by atoms with Gasteiger partial charge in [-0.3, -0.25) is 4.79 Å². The standard InChI is InChI=1S/C32H50B2N4O6S2/c1-10-37(45-44-43-30-24(5)14-22(3)15-25(30)6)20-29-19-36(34(9)40)13-12-35(32(33)39)18-28(29)21-38(11-2)46(41,42)31-26(7)16-23(4)17-27(31)8/h14-17,28-29,40H,10-13,18-21H2,1-9H3/t28-,29-/m1/s1. The lowest BCUT2D eigenvalue weighted by molar-refractivity contribution is -0.0840. The van der Waals surface area contributed by atoms with Crippen LogP contribution in [-0.4, -0.2) is 105 Å².